The average Bonchev–Trinajstić information content (AvgIpc) is 3.42. The van der Waals surface area contributed by atoms with Crippen LogP contribution in [0, 0.1) is 12.8 Å². The molecule has 2 unspecified atom stereocenters. The molecule has 0 saturated heterocycles. The first-order valence-corrected chi connectivity index (χ1v) is 15.4. The van der Waals surface area contributed by atoms with Gasteiger partial charge in [-0.25, -0.2) is 0 Å². The first-order valence-electron chi connectivity index (χ1n) is 14.0. The Morgan fingerprint density at radius 2 is 1.72 bits per heavy atom. The van der Waals surface area contributed by atoms with Crippen molar-refractivity contribution >= 4 is 43.6 Å². The van der Waals surface area contributed by atoms with Crippen LogP contribution in [0.4, 0.5) is 0 Å². The van der Waals surface area contributed by atoms with Gasteiger partial charge in [-0.2, -0.15) is 17.6 Å². The number of rotatable bonds is 7. The predicted molar refractivity (Wildman–Crippen MR) is 163 cm³/mol. The van der Waals surface area contributed by atoms with Crippen molar-refractivity contribution in [3.05, 3.63) is 83.7 Å². The van der Waals surface area contributed by atoms with E-state index in [1.54, 1.807) is 37.4 Å². The van der Waals surface area contributed by atoms with E-state index < -0.39 is 27.8 Å². The number of nitrogens with zero attached hydrogens (tertiary/aromatic N) is 3. The van der Waals surface area contributed by atoms with E-state index in [1.165, 1.54) is 13.3 Å². The molecule has 1 aliphatic rings. The highest BCUT2D eigenvalue weighted by atomic mass is 32.2. The third kappa shape index (κ3) is 4.66. The van der Waals surface area contributed by atoms with E-state index in [1.807, 2.05) is 51.1 Å². The third-order valence-corrected chi connectivity index (χ3v) is 9.80. The topological polar surface area (TPSA) is 117 Å². The highest BCUT2D eigenvalue weighted by Gasteiger charge is 2.47. The van der Waals surface area contributed by atoms with Gasteiger partial charge in [0, 0.05) is 10.8 Å². The van der Waals surface area contributed by atoms with Crippen molar-refractivity contribution in [3.8, 4) is 16.9 Å². The van der Waals surface area contributed by atoms with Crippen LogP contribution in [0.5, 0.6) is 5.75 Å². The van der Waals surface area contributed by atoms with Crippen LogP contribution in [-0.4, -0.2) is 48.6 Å². The van der Waals surface area contributed by atoms with Crippen molar-refractivity contribution in [1.82, 2.24) is 14.2 Å². The lowest BCUT2D eigenvalue weighted by atomic mass is 9.69. The van der Waals surface area contributed by atoms with E-state index in [4.69, 9.17) is 14.5 Å². The summed E-state index contributed by atoms with van der Waals surface area (Å²) in [5.41, 5.74) is 5.11. The monoisotopic (exact) mass is 597 g/mol. The SMILES string of the molecule is COC(=O)C1CC(c2nc3cc4c(cnn4S(=O)(=O)c4ccc(C)cc4)cc3c(-c3ccc(OC)cc3)c2C(C)C)C1=O. The van der Waals surface area contributed by atoms with Crippen LogP contribution in [0.3, 0.4) is 0 Å². The molecule has 3 aromatic carbocycles. The second-order valence-corrected chi connectivity index (χ2v) is 12.9. The van der Waals surface area contributed by atoms with Crippen LogP contribution >= 0.6 is 0 Å². The van der Waals surface area contributed by atoms with Crippen LogP contribution in [0.15, 0.2) is 71.8 Å². The Morgan fingerprint density at radius 3 is 2.33 bits per heavy atom. The highest BCUT2D eigenvalue weighted by Crippen LogP contribution is 2.46. The number of pyridine rings is 1. The smallest absolute Gasteiger partial charge is 0.316 e. The van der Waals surface area contributed by atoms with Crippen LogP contribution in [-0.2, 0) is 24.3 Å². The van der Waals surface area contributed by atoms with Crippen molar-refractivity contribution in [2.75, 3.05) is 14.2 Å². The molecule has 0 bridgehead atoms. The third-order valence-electron chi connectivity index (χ3n) is 8.18. The molecular formula is C33H31N3O6S. The van der Waals surface area contributed by atoms with Crippen molar-refractivity contribution < 1.29 is 27.5 Å². The molecule has 10 heteroatoms. The molecule has 220 valence electrons. The minimum Gasteiger partial charge on any atom is -0.497 e. The fourth-order valence-electron chi connectivity index (χ4n) is 5.87. The number of methoxy groups -OCH3 is 2. The molecule has 9 nitrogen and oxygen atoms in total. The molecule has 0 amide bonds. The van der Waals surface area contributed by atoms with Crippen LogP contribution in [0.25, 0.3) is 32.9 Å². The van der Waals surface area contributed by atoms with E-state index in [9.17, 15) is 18.0 Å². The van der Waals surface area contributed by atoms with Gasteiger partial charge in [-0.05, 0) is 72.4 Å². The summed E-state index contributed by atoms with van der Waals surface area (Å²) in [6.07, 6.45) is 1.84. The summed E-state index contributed by atoms with van der Waals surface area (Å²) in [5.74, 6) is -1.49. The van der Waals surface area contributed by atoms with Crippen molar-refractivity contribution in [3.63, 3.8) is 0 Å². The number of hydrogen-bond acceptors (Lipinski definition) is 8. The molecule has 0 spiro atoms. The van der Waals surface area contributed by atoms with E-state index in [0.717, 1.165) is 31.7 Å². The normalized spacial score (nSPS) is 16.9. The van der Waals surface area contributed by atoms with Gasteiger partial charge in [0.1, 0.15) is 11.7 Å². The fourth-order valence-corrected chi connectivity index (χ4v) is 7.14. The summed E-state index contributed by atoms with van der Waals surface area (Å²) >= 11 is 0. The number of benzene rings is 3. The van der Waals surface area contributed by atoms with Gasteiger partial charge in [0.25, 0.3) is 10.0 Å². The molecule has 1 aliphatic carbocycles. The number of aromatic nitrogens is 3. The lowest BCUT2D eigenvalue weighted by Crippen LogP contribution is -2.42. The Bertz CT molecular complexity index is 2010. The molecule has 2 aromatic heterocycles. The number of carbonyl (C=O) groups excluding carboxylic acids is 2. The maximum Gasteiger partial charge on any atom is 0.316 e. The van der Waals surface area contributed by atoms with Crippen LogP contribution < -0.4 is 4.74 Å². The van der Waals surface area contributed by atoms with Gasteiger partial charge >= 0.3 is 5.97 Å². The number of aryl methyl sites for hydroxylation is 1. The number of carbonyl (C=O) groups is 2. The quantitative estimate of drug-likeness (QED) is 0.171. The van der Waals surface area contributed by atoms with Gasteiger partial charge in [-0.15, -0.1) is 0 Å². The lowest BCUT2D eigenvalue weighted by Gasteiger charge is -2.34. The Morgan fingerprint density at radius 1 is 1.02 bits per heavy atom. The number of ketones is 1. The largest absolute Gasteiger partial charge is 0.497 e. The van der Waals surface area contributed by atoms with E-state index in [2.05, 4.69) is 5.10 Å². The molecule has 43 heavy (non-hydrogen) atoms. The fraction of sp³-hybridized carbons (Fsp3) is 0.273. The minimum atomic E-state index is -3.99. The van der Waals surface area contributed by atoms with Gasteiger partial charge in [0.05, 0.1) is 48.0 Å². The molecule has 1 fully saturated rings. The maximum atomic E-state index is 13.6. The first-order chi connectivity index (χ1) is 20.5. The molecule has 0 aliphatic heterocycles. The summed E-state index contributed by atoms with van der Waals surface area (Å²) in [6, 6.07) is 17.9. The summed E-state index contributed by atoms with van der Waals surface area (Å²) in [4.78, 5) is 30.6. The first kappa shape index (κ1) is 28.5. The number of hydrogen-bond donors (Lipinski definition) is 0. The second kappa shape index (κ2) is 10.6. The molecule has 2 atom stereocenters. The number of ether oxygens (including phenoxy) is 2. The number of esters is 1. The standard InChI is InChI=1S/C33H31N3O6S/c1-18(2)29-30(20-8-10-22(41-4)11-9-20)24-14-21-17-34-36(43(39,40)23-12-6-19(3)7-13-23)28(21)16-27(24)35-31(29)25-15-26(32(25)37)33(38)42-5/h6-14,16-18,25-26H,15H2,1-5H3. The summed E-state index contributed by atoms with van der Waals surface area (Å²) < 4.78 is 38.5. The molecule has 2 heterocycles. The Balaban J connectivity index is 1.62. The zero-order valence-corrected chi connectivity index (χ0v) is 25.3. The Kier molecular flexibility index (Phi) is 7.04. The van der Waals surface area contributed by atoms with Crippen LogP contribution in [0.1, 0.15) is 48.9 Å². The zero-order chi connectivity index (χ0) is 30.6. The predicted octanol–water partition coefficient (Wildman–Crippen LogP) is 5.77. The lowest BCUT2D eigenvalue weighted by molar-refractivity contribution is -0.155. The summed E-state index contributed by atoms with van der Waals surface area (Å²) in [6.45, 7) is 5.98. The molecule has 6 rings (SSSR count). The van der Waals surface area contributed by atoms with Crippen molar-refractivity contribution in [2.24, 2.45) is 5.92 Å². The van der Waals surface area contributed by atoms with Gasteiger partial charge in [0.2, 0.25) is 0 Å². The Hall–Kier alpha value is -4.57. The average molecular weight is 598 g/mol. The molecule has 5 aromatic rings. The van der Waals surface area contributed by atoms with Gasteiger partial charge in [0.15, 0.2) is 5.78 Å². The Labute approximate surface area is 249 Å². The number of fused-ring (bicyclic) bond motifs is 2. The molecular weight excluding hydrogens is 566 g/mol. The zero-order valence-electron chi connectivity index (χ0n) is 24.5. The van der Waals surface area contributed by atoms with E-state index >= 15 is 0 Å². The highest BCUT2D eigenvalue weighted by molar-refractivity contribution is 7.90. The van der Waals surface area contributed by atoms with Gasteiger partial charge in [-0.3, -0.25) is 14.6 Å². The minimum absolute atomic E-state index is 0.0192. The number of Topliss-reactive ketones (excluding diaryl/α,β-unsaturated/α-hetero) is 1. The summed E-state index contributed by atoms with van der Waals surface area (Å²) in [7, 11) is -1.11. The van der Waals surface area contributed by atoms with Crippen LogP contribution in [0.2, 0.25) is 0 Å². The van der Waals surface area contributed by atoms with Gasteiger partial charge in [-0.1, -0.05) is 43.7 Å². The maximum absolute atomic E-state index is 13.6. The summed E-state index contributed by atoms with van der Waals surface area (Å²) in [5, 5.41) is 5.72. The molecule has 0 radical (unpaired) electrons. The van der Waals surface area contributed by atoms with Crippen molar-refractivity contribution in [2.45, 2.75) is 43.9 Å². The second-order valence-electron chi connectivity index (χ2n) is 11.2. The van der Waals surface area contributed by atoms with E-state index in [0.29, 0.717) is 34.3 Å². The molecule has 1 saturated carbocycles. The van der Waals surface area contributed by atoms with Crippen molar-refractivity contribution in [1.29, 1.82) is 0 Å². The molecule has 0 N–H and O–H groups in total. The van der Waals surface area contributed by atoms with E-state index in [-0.39, 0.29) is 16.6 Å². The van der Waals surface area contributed by atoms with Gasteiger partial charge < -0.3 is 9.47 Å².